The molecule has 0 bridgehead atoms. The summed E-state index contributed by atoms with van der Waals surface area (Å²) in [7, 11) is 0. The van der Waals surface area contributed by atoms with Crippen LogP contribution in [0.25, 0.3) is 10.8 Å². The lowest BCUT2D eigenvalue weighted by Crippen LogP contribution is -2.27. The summed E-state index contributed by atoms with van der Waals surface area (Å²) in [5.74, 6) is 0.323. The number of hydrogen-bond donors (Lipinski definition) is 1. The molecule has 1 amide bonds. The molecule has 3 rings (SSSR count). The average Bonchev–Trinajstić information content (AvgIpc) is 2.61. The maximum Gasteiger partial charge on any atom is 0.258 e. The number of amides is 1. The first-order chi connectivity index (χ1) is 12.8. The third kappa shape index (κ3) is 4.43. The highest BCUT2D eigenvalue weighted by Crippen LogP contribution is 2.29. The van der Waals surface area contributed by atoms with Gasteiger partial charge in [0.05, 0.1) is 21.8 Å². The van der Waals surface area contributed by atoms with Gasteiger partial charge in [0.15, 0.2) is 0 Å². The lowest BCUT2D eigenvalue weighted by molar-refractivity contribution is -0.116. The lowest BCUT2D eigenvalue weighted by Gasteiger charge is -2.12. The van der Waals surface area contributed by atoms with Crippen molar-refractivity contribution < 1.29 is 9.53 Å². The zero-order chi connectivity index (χ0) is 19.6. The highest BCUT2D eigenvalue weighted by atomic mass is 35.5. The molecule has 140 valence electrons. The quantitative estimate of drug-likeness (QED) is 0.668. The summed E-state index contributed by atoms with van der Waals surface area (Å²) < 4.78 is 6.99. The number of pyridine rings is 1. The Bertz CT molecular complexity index is 1060. The van der Waals surface area contributed by atoms with Crippen molar-refractivity contribution in [3.63, 3.8) is 0 Å². The second-order valence-corrected chi connectivity index (χ2v) is 7.10. The largest absolute Gasteiger partial charge is 0.491 e. The summed E-state index contributed by atoms with van der Waals surface area (Å²) in [6.45, 7) is 3.74. The monoisotopic (exact) mass is 404 g/mol. The Kier molecular flexibility index (Phi) is 5.73. The molecule has 0 saturated carbocycles. The number of ether oxygens (including phenoxy) is 1. The Hall–Kier alpha value is -2.50. The number of rotatable bonds is 5. The van der Waals surface area contributed by atoms with E-state index in [9.17, 15) is 9.59 Å². The van der Waals surface area contributed by atoms with Crippen molar-refractivity contribution in [1.29, 1.82) is 0 Å². The van der Waals surface area contributed by atoms with Crippen molar-refractivity contribution >= 4 is 45.6 Å². The standard InChI is InChI=1S/C20H18Cl2N2O3/c1-12(2)27-14-6-7-15-13(10-14)8-9-24(20(15)26)11-18(25)23-17-5-3-4-16(21)19(17)22/h3-10,12H,11H2,1-2H3,(H,23,25). The predicted molar refractivity (Wildman–Crippen MR) is 109 cm³/mol. The van der Waals surface area contributed by atoms with Gasteiger partial charge in [0.1, 0.15) is 12.3 Å². The maximum atomic E-state index is 12.7. The number of halogens is 2. The molecule has 1 aromatic heterocycles. The Morgan fingerprint density at radius 2 is 1.96 bits per heavy atom. The van der Waals surface area contributed by atoms with Gasteiger partial charge in [-0.05, 0) is 55.6 Å². The molecular formula is C20H18Cl2N2O3. The second kappa shape index (κ2) is 8.03. The van der Waals surface area contributed by atoms with E-state index < -0.39 is 0 Å². The third-order valence-corrected chi connectivity index (χ3v) is 4.68. The van der Waals surface area contributed by atoms with Crippen molar-refractivity contribution in [2.45, 2.75) is 26.5 Å². The molecule has 3 aromatic rings. The van der Waals surface area contributed by atoms with Crippen molar-refractivity contribution in [2.75, 3.05) is 5.32 Å². The van der Waals surface area contributed by atoms with E-state index in [4.69, 9.17) is 27.9 Å². The molecule has 2 aromatic carbocycles. The number of anilines is 1. The van der Waals surface area contributed by atoms with E-state index in [1.54, 1.807) is 42.6 Å². The Morgan fingerprint density at radius 1 is 1.19 bits per heavy atom. The van der Waals surface area contributed by atoms with Gasteiger partial charge in [-0.2, -0.15) is 0 Å². The highest BCUT2D eigenvalue weighted by molar-refractivity contribution is 6.43. The molecule has 0 aliphatic heterocycles. The first-order valence-corrected chi connectivity index (χ1v) is 9.14. The normalized spacial score (nSPS) is 11.0. The van der Waals surface area contributed by atoms with Crippen molar-refractivity contribution in [3.8, 4) is 5.75 Å². The van der Waals surface area contributed by atoms with Crippen LogP contribution < -0.4 is 15.6 Å². The van der Waals surface area contributed by atoms with Gasteiger partial charge >= 0.3 is 0 Å². The van der Waals surface area contributed by atoms with Gasteiger partial charge in [-0.25, -0.2) is 0 Å². The number of carbonyl (C=O) groups excluding carboxylic acids is 1. The zero-order valence-electron chi connectivity index (χ0n) is 14.8. The van der Waals surface area contributed by atoms with Crippen molar-refractivity contribution in [3.05, 3.63) is 69.1 Å². The molecule has 1 N–H and O–H groups in total. The van der Waals surface area contributed by atoms with Gasteiger partial charge in [-0.1, -0.05) is 29.3 Å². The minimum Gasteiger partial charge on any atom is -0.491 e. The second-order valence-electron chi connectivity index (χ2n) is 6.31. The first-order valence-electron chi connectivity index (χ1n) is 8.39. The van der Waals surface area contributed by atoms with Crippen LogP contribution in [0.3, 0.4) is 0 Å². The summed E-state index contributed by atoms with van der Waals surface area (Å²) in [5.41, 5.74) is 0.148. The molecule has 1 heterocycles. The van der Waals surface area contributed by atoms with Crippen LogP contribution in [-0.2, 0) is 11.3 Å². The molecule has 0 atom stereocenters. The lowest BCUT2D eigenvalue weighted by atomic mass is 10.1. The molecule has 0 spiro atoms. The fourth-order valence-corrected chi connectivity index (χ4v) is 3.03. The molecular weight excluding hydrogens is 387 g/mol. The topological polar surface area (TPSA) is 60.3 Å². The smallest absolute Gasteiger partial charge is 0.258 e. The molecule has 0 aliphatic carbocycles. The molecule has 0 fully saturated rings. The molecule has 0 aliphatic rings. The number of carbonyl (C=O) groups is 1. The SMILES string of the molecule is CC(C)Oc1ccc2c(=O)n(CC(=O)Nc3cccc(Cl)c3Cl)ccc2c1. The fraction of sp³-hybridized carbons (Fsp3) is 0.200. The van der Waals surface area contributed by atoms with Crippen LogP contribution in [0.4, 0.5) is 5.69 Å². The Balaban J connectivity index is 1.82. The number of aromatic nitrogens is 1. The Morgan fingerprint density at radius 3 is 2.70 bits per heavy atom. The van der Waals surface area contributed by atoms with Gasteiger partial charge in [0.2, 0.25) is 5.91 Å². The minimum atomic E-state index is -0.375. The van der Waals surface area contributed by atoms with E-state index in [1.165, 1.54) is 4.57 Å². The molecule has 0 radical (unpaired) electrons. The third-order valence-electron chi connectivity index (χ3n) is 3.86. The number of benzene rings is 2. The van der Waals surface area contributed by atoms with E-state index in [-0.39, 0.29) is 29.1 Å². The summed E-state index contributed by atoms with van der Waals surface area (Å²) >= 11 is 12.0. The van der Waals surface area contributed by atoms with Gasteiger partial charge in [-0.15, -0.1) is 0 Å². The minimum absolute atomic E-state index is 0.0461. The van der Waals surface area contributed by atoms with Crippen molar-refractivity contribution in [1.82, 2.24) is 4.57 Å². The van der Waals surface area contributed by atoms with Gasteiger partial charge in [0.25, 0.3) is 5.56 Å². The van der Waals surface area contributed by atoms with Crippen LogP contribution in [0, 0.1) is 0 Å². The van der Waals surface area contributed by atoms with E-state index in [1.807, 2.05) is 19.9 Å². The number of fused-ring (bicyclic) bond motifs is 1. The molecule has 27 heavy (non-hydrogen) atoms. The van der Waals surface area contributed by atoms with Crippen LogP contribution in [0.15, 0.2) is 53.5 Å². The van der Waals surface area contributed by atoms with Crippen LogP contribution >= 0.6 is 23.2 Å². The zero-order valence-corrected chi connectivity index (χ0v) is 16.3. The number of nitrogens with zero attached hydrogens (tertiary/aromatic N) is 1. The molecule has 7 heteroatoms. The van der Waals surface area contributed by atoms with Gasteiger partial charge in [-0.3, -0.25) is 9.59 Å². The first kappa shape index (κ1) is 19.3. The molecule has 0 unspecified atom stereocenters. The Labute approximate surface area is 166 Å². The number of nitrogens with one attached hydrogen (secondary N) is 1. The predicted octanol–water partition coefficient (Wildman–Crippen LogP) is 4.73. The van der Waals surface area contributed by atoms with Gasteiger partial charge < -0.3 is 14.6 Å². The molecule has 5 nitrogen and oxygen atoms in total. The van der Waals surface area contributed by atoms with E-state index in [0.717, 1.165) is 5.39 Å². The van der Waals surface area contributed by atoms with Crippen LogP contribution in [-0.4, -0.2) is 16.6 Å². The van der Waals surface area contributed by atoms with Crippen LogP contribution in [0.2, 0.25) is 10.0 Å². The average molecular weight is 405 g/mol. The summed E-state index contributed by atoms with van der Waals surface area (Å²) in [6, 6.07) is 12.0. The summed E-state index contributed by atoms with van der Waals surface area (Å²) in [4.78, 5) is 25.0. The summed E-state index contributed by atoms with van der Waals surface area (Å²) in [5, 5.41) is 4.55. The highest BCUT2D eigenvalue weighted by Gasteiger charge is 2.11. The molecule has 0 saturated heterocycles. The fourth-order valence-electron chi connectivity index (χ4n) is 2.68. The van der Waals surface area contributed by atoms with E-state index >= 15 is 0 Å². The summed E-state index contributed by atoms with van der Waals surface area (Å²) in [6.07, 6.45) is 1.63. The van der Waals surface area contributed by atoms with Crippen LogP contribution in [0.5, 0.6) is 5.75 Å². The van der Waals surface area contributed by atoms with Crippen molar-refractivity contribution in [2.24, 2.45) is 0 Å². The maximum absolute atomic E-state index is 12.7. The van der Waals surface area contributed by atoms with E-state index in [2.05, 4.69) is 5.32 Å². The number of hydrogen-bond acceptors (Lipinski definition) is 3. The van der Waals surface area contributed by atoms with Gasteiger partial charge in [0, 0.05) is 11.6 Å². The van der Waals surface area contributed by atoms with Crippen LogP contribution in [0.1, 0.15) is 13.8 Å². The van der Waals surface area contributed by atoms with E-state index in [0.29, 0.717) is 21.8 Å².